The molecular formula is C13H12BrNS. The van der Waals surface area contributed by atoms with Crippen molar-refractivity contribution in [2.45, 2.75) is 16.3 Å². The Balaban J connectivity index is 2.20. The largest absolute Gasteiger partial charge is 0.326 e. The lowest BCUT2D eigenvalue weighted by molar-refractivity contribution is 1.06. The van der Waals surface area contributed by atoms with E-state index < -0.39 is 0 Å². The number of nitrogens with two attached hydrogens (primary N) is 1. The van der Waals surface area contributed by atoms with E-state index in [1.807, 2.05) is 24.3 Å². The topological polar surface area (TPSA) is 26.0 Å². The SMILES string of the molecule is NCc1cccc(Sc2cccc(Br)c2)c1. The molecule has 0 aliphatic rings. The predicted octanol–water partition coefficient (Wildman–Crippen LogP) is 4.06. The molecule has 1 nitrogen and oxygen atoms in total. The molecule has 2 aromatic rings. The van der Waals surface area contributed by atoms with Crippen molar-refractivity contribution in [2.24, 2.45) is 5.73 Å². The average Bonchev–Trinajstić information content (AvgIpc) is 2.29. The molecule has 0 aromatic heterocycles. The van der Waals surface area contributed by atoms with Gasteiger partial charge in [0.25, 0.3) is 0 Å². The van der Waals surface area contributed by atoms with Crippen LogP contribution >= 0.6 is 27.7 Å². The van der Waals surface area contributed by atoms with Crippen molar-refractivity contribution < 1.29 is 0 Å². The van der Waals surface area contributed by atoms with Gasteiger partial charge in [-0.05, 0) is 35.9 Å². The molecule has 3 heteroatoms. The van der Waals surface area contributed by atoms with Crippen LogP contribution in [0.15, 0.2) is 62.8 Å². The maximum Gasteiger partial charge on any atom is 0.0186 e. The van der Waals surface area contributed by atoms with Crippen LogP contribution in [-0.4, -0.2) is 0 Å². The van der Waals surface area contributed by atoms with Crippen LogP contribution in [0, 0.1) is 0 Å². The Morgan fingerprint density at radius 2 is 1.69 bits per heavy atom. The Kier molecular flexibility index (Phi) is 4.04. The van der Waals surface area contributed by atoms with E-state index in [0.717, 1.165) is 4.47 Å². The number of hydrogen-bond donors (Lipinski definition) is 1. The molecule has 0 bridgehead atoms. The van der Waals surface area contributed by atoms with E-state index in [0.29, 0.717) is 6.54 Å². The zero-order valence-electron chi connectivity index (χ0n) is 8.69. The summed E-state index contributed by atoms with van der Waals surface area (Å²) in [4.78, 5) is 2.45. The molecule has 0 heterocycles. The normalized spacial score (nSPS) is 10.4. The van der Waals surface area contributed by atoms with Crippen molar-refractivity contribution in [3.63, 3.8) is 0 Å². The lowest BCUT2D eigenvalue weighted by Gasteiger charge is -2.04. The van der Waals surface area contributed by atoms with Gasteiger partial charge in [0.1, 0.15) is 0 Å². The van der Waals surface area contributed by atoms with Gasteiger partial charge in [-0.2, -0.15) is 0 Å². The average molecular weight is 294 g/mol. The second-order valence-corrected chi connectivity index (χ2v) is 5.47. The fourth-order valence-electron chi connectivity index (χ4n) is 1.40. The summed E-state index contributed by atoms with van der Waals surface area (Å²) in [6, 6.07) is 16.6. The molecule has 0 spiro atoms. The third kappa shape index (κ3) is 3.11. The van der Waals surface area contributed by atoms with E-state index in [4.69, 9.17) is 5.73 Å². The van der Waals surface area contributed by atoms with Crippen molar-refractivity contribution in [3.05, 3.63) is 58.6 Å². The van der Waals surface area contributed by atoms with Gasteiger partial charge in [0, 0.05) is 20.8 Å². The van der Waals surface area contributed by atoms with Crippen LogP contribution < -0.4 is 5.73 Å². The highest BCUT2D eigenvalue weighted by molar-refractivity contribution is 9.10. The Hall–Kier alpha value is -0.770. The first-order valence-corrected chi connectivity index (χ1v) is 6.61. The highest BCUT2D eigenvalue weighted by Crippen LogP contribution is 2.29. The Morgan fingerprint density at radius 1 is 1.00 bits per heavy atom. The van der Waals surface area contributed by atoms with Crippen LogP contribution in [0.25, 0.3) is 0 Å². The summed E-state index contributed by atoms with van der Waals surface area (Å²) < 4.78 is 1.10. The molecule has 0 amide bonds. The number of hydrogen-bond acceptors (Lipinski definition) is 2. The molecule has 2 rings (SSSR count). The van der Waals surface area contributed by atoms with Crippen LogP contribution in [-0.2, 0) is 6.54 Å². The van der Waals surface area contributed by atoms with Crippen LogP contribution in [0.1, 0.15) is 5.56 Å². The summed E-state index contributed by atoms with van der Waals surface area (Å²) in [6.07, 6.45) is 0. The second-order valence-electron chi connectivity index (χ2n) is 3.41. The first-order valence-electron chi connectivity index (χ1n) is 5.00. The van der Waals surface area contributed by atoms with E-state index >= 15 is 0 Å². The summed E-state index contributed by atoms with van der Waals surface area (Å²) in [7, 11) is 0. The van der Waals surface area contributed by atoms with Gasteiger partial charge < -0.3 is 5.73 Å². The number of benzene rings is 2. The zero-order chi connectivity index (χ0) is 11.4. The minimum atomic E-state index is 0.590. The van der Waals surface area contributed by atoms with E-state index in [9.17, 15) is 0 Å². The molecule has 0 aliphatic heterocycles. The lowest BCUT2D eigenvalue weighted by atomic mass is 10.2. The number of rotatable bonds is 3. The first kappa shape index (κ1) is 11.7. The van der Waals surface area contributed by atoms with E-state index in [1.54, 1.807) is 11.8 Å². The van der Waals surface area contributed by atoms with Gasteiger partial charge in [0.05, 0.1) is 0 Å². The monoisotopic (exact) mass is 293 g/mol. The summed E-state index contributed by atoms with van der Waals surface area (Å²) in [6.45, 7) is 0.590. The Labute approximate surface area is 108 Å². The summed E-state index contributed by atoms with van der Waals surface area (Å²) in [5.41, 5.74) is 6.79. The predicted molar refractivity (Wildman–Crippen MR) is 72.6 cm³/mol. The smallest absolute Gasteiger partial charge is 0.0186 e. The Bertz CT molecular complexity index is 485. The van der Waals surface area contributed by atoms with Gasteiger partial charge in [-0.3, -0.25) is 0 Å². The standard InChI is InChI=1S/C13H12BrNS/c14-11-4-2-6-13(8-11)16-12-5-1-3-10(7-12)9-15/h1-8H,9,15H2. The molecule has 0 unspecified atom stereocenters. The summed E-state index contributed by atoms with van der Waals surface area (Å²) >= 11 is 5.22. The highest BCUT2D eigenvalue weighted by atomic mass is 79.9. The number of halogens is 1. The first-order chi connectivity index (χ1) is 7.78. The molecule has 0 atom stereocenters. The fraction of sp³-hybridized carbons (Fsp3) is 0.0769. The third-order valence-electron chi connectivity index (χ3n) is 2.17. The van der Waals surface area contributed by atoms with Gasteiger partial charge in [-0.25, -0.2) is 0 Å². The molecule has 0 aliphatic carbocycles. The molecule has 82 valence electrons. The Morgan fingerprint density at radius 3 is 2.38 bits per heavy atom. The van der Waals surface area contributed by atoms with E-state index in [2.05, 4.69) is 40.2 Å². The summed E-state index contributed by atoms with van der Waals surface area (Å²) in [5, 5.41) is 0. The van der Waals surface area contributed by atoms with Crippen LogP contribution in [0.2, 0.25) is 0 Å². The van der Waals surface area contributed by atoms with Crippen LogP contribution in [0.3, 0.4) is 0 Å². The maximum absolute atomic E-state index is 5.62. The minimum Gasteiger partial charge on any atom is -0.326 e. The molecule has 2 aromatic carbocycles. The quantitative estimate of drug-likeness (QED) is 0.924. The third-order valence-corrected chi connectivity index (χ3v) is 3.64. The highest BCUT2D eigenvalue weighted by Gasteiger charge is 1.98. The van der Waals surface area contributed by atoms with Gasteiger partial charge in [0.15, 0.2) is 0 Å². The van der Waals surface area contributed by atoms with Gasteiger partial charge in [-0.1, -0.05) is 45.9 Å². The lowest BCUT2D eigenvalue weighted by Crippen LogP contribution is -1.95. The molecule has 0 saturated carbocycles. The van der Waals surface area contributed by atoms with E-state index in [-0.39, 0.29) is 0 Å². The zero-order valence-corrected chi connectivity index (χ0v) is 11.1. The molecular weight excluding hydrogens is 282 g/mol. The fourth-order valence-corrected chi connectivity index (χ4v) is 2.91. The van der Waals surface area contributed by atoms with Crippen molar-refractivity contribution in [1.82, 2.24) is 0 Å². The van der Waals surface area contributed by atoms with Crippen LogP contribution in [0.4, 0.5) is 0 Å². The maximum atomic E-state index is 5.62. The molecule has 0 saturated heterocycles. The van der Waals surface area contributed by atoms with Gasteiger partial charge in [-0.15, -0.1) is 0 Å². The molecule has 0 radical (unpaired) electrons. The van der Waals surface area contributed by atoms with Crippen molar-refractivity contribution in [3.8, 4) is 0 Å². The van der Waals surface area contributed by atoms with Crippen molar-refractivity contribution in [1.29, 1.82) is 0 Å². The molecule has 2 N–H and O–H groups in total. The van der Waals surface area contributed by atoms with Crippen molar-refractivity contribution >= 4 is 27.7 Å². The van der Waals surface area contributed by atoms with Gasteiger partial charge in [0.2, 0.25) is 0 Å². The minimum absolute atomic E-state index is 0.590. The van der Waals surface area contributed by atoms with Crippen LogP contribution in [0.5, 0.6) is 0 Å². The van der Waals surface area contributed by atoms with Gasteiger partial charge >= 0.3 is 0 Å². The van der Waals surface area contributed by atoms with E-state index in [1.165, 1.54) is 15.4 Å². The summed E-state index contributed by atoms with van der Waals surface area (Å²) in [5.74, 6) is 0. The second kappa shape index (κ2) is 5.53. The molecule has 16 heavy (non-hydrogen) atoms. The molecule has 0 fully saturated rings. The van der Waals surface area contributed by atoms with Crippen molar-refractivity contribution in [2.75, 3.05) is 0 Å².